The highest BCUT2D eigenvalue weighted by Gasteiger charge is 2.15. The maximum Gasteiger partial charge on any atom is 0.238 e. The summed E-state index contributed by atoms with van der Waals surface area (Å²) in [6.07, 6.45) is 0.923. The van der Waals surface area contributed by atoms with Crippen LogP contribution in [0.2, 0.25) is 0 Å². The molecule has 2 N–H and O–H groups in total. The molecule has 0 fully saturated rings. The van der Waals surface area contributed by atoms with Gasteiger partial charge in [-0.05, 0) is 42.3 Å². The first-order chi connectivity index (χ1) is 11.9. The number of halogens is 1. The Morgan fingerprint density at radius 1 is 1.20 bits per heavy atom. The molecule has 2 aromatic carbocycles. The summed E-state index contributed by atoms with van der Waals surface area (Å²) in [7, 11) is -3.76. The third-order valence-electron chi connectivity index (χ3n) is 3.74. The molecule has 0 amide bonds. The standard InChI is InChI=1S/C17H18FN3O2S2/c1-2-9-21-16-8-7-14(25(19,22)23)10-15(16)20-17(21)24-11-12-3-5-13(18)6-4-12/h3-8,10H,2,9,11H2,1H3,(H2,19,22,23). The molecule has 132 valence electrons. The monoisotopic (exact) mass is 379 g/mol. The summed E-state index contributed by atoms with van der Waals surface area (Å²) in [6, 6.07) is 11.1. The number of imidazole rings is 1. The summed E-state index contributed by atoms with van der Waals surface area (Å²) >= 11 is 1.53. The SMILES string of the molecule is CCCn1c(SCc2ccc(F)cc2)nc2cc(S(N)(=O)=O)ccc21. The Balaban J connectivity index is 1.95. The van der Waals surface area contributed by atoms with Gasteiger partial charge < -0.3 is 4.57 Å². The molecule has 0 unspecified atom stereocenters. The highest BCUT2D eigenvalue weighted by atomic mass is 32.2. The van der Waals surface area contributed by atoms with Crippen LogP contribution in [0.25, 0.3) is 11.0 Å². The molecule has 1 heterocycles. The summed E-state index contributed by atoms with van der Waals surface area (Å²) in [6.45, 7) is 2.84. The maximum atomic E-state index is 13.0. The Bertz CT molecular complexity index is 999. The van der Waals surface area contributed by atoms with Crippen LogP contribution >= 0.6 is 11.8 Å². The van der Waals surface area contributed by atoms with Crippen molar-refractivity contribution < 1.29 is 12.8 Å². The normalized spacial score (nSPS) is 12.0. The van der Waals surface area contributed by atoms with E-state index in [9.17, 15) is 12.8 Å². The van der Waals surface area contributed by atoms with Crippen LogP contribution in [-0.4, -0.2) is 18.0 Å². The minimum Gasteiger partial charge on any atom is -0.319 e. The van der Waals surface area contributed by atoms with E-state index in [1.165, 1.54) is 36.0 Å². The van der Waals surface area contributed by atoms with Gasteiger partial charge in [-0.1, -0.05) is 30.8 Å². The maximum absolute atomic E-state index is 13.0. The van der Waals surface area contributed by atoms with Gasteiger partial charge in [0.05, 0.1) is 15.9 Å². The molecular weight excluding hydrogens is 361 g/mol. The van der Waals surface area contributed by atoms with E-state index in [0.29, 0.717) is 11.3 Å². The number of sulfonamides is 1. The number of nitrogens with two attached hydrogens (primary N) is 1. The van der Waals surface area contributed by atoms with Gasteiger partial charge in [-0.3, -0.25) is 0 Å². The molecule has 1 aromatic heterocycles. The molecule has 0 atom stereocenters. The minimum absolute atomic E-state index is 0.0521. The van der Waals surface area contributed by atoms with Crippen molar-refractivity contribution in [1.82, 2.24) is 9.55 Å². The van der Waals surface area contributed by atoms with Crippen LogP contribution in [-0.2, 0) is 22.3 Å². The predicted molar refractivity (Wildman–Crippen MR) is 97.4 cm³/mol. The largest absolute Gasteiger partial charge is 0.319 e. The van der Waals surface area contributed by atoms with E-state index in [2.05, 4.69) is 16.5 Å². The molecule has 0 spiro atoms. The Morgan fingerprint density at radius 3 is 2.56 bits per heavy atom. The lowest BCUT2D eigenvalue weighted by atomic mass is 10.2. The topological polar surface area (TPSA) is 78.0 Å². The first-order valence-electron chi connectivity index (χ1n) is 7.79. The van der Waals surface area contributed by atoms with Crippen LogP contribution in [0.15, 0.2) is 52.5 Å². The fourth-order valence-electron chi connectivity index (χ4n) is 2.54. The summed E-state index contributed by atoms with van der Waals surface area (Å²) in [5.74, 6) is 0.387. The van der Waals surface area contributed by atoms with Crippen molar-refractivity contribution in [3.8, 4) is 0 Å². The molecule has 0 aliphatic rings. The van der Waals surface area contributed by atoms with Gasteiger partial charge in [0.2, 0.25) is 10.0 Å². The zero-order chi connectivity index (χ0) is 18.0. The highest BCUT2D eigenvalue weighted by molar-refractivity contribution is 7.98. The Morgan fingerprint density at radius 2 is 1.92 bits per heavy atom. The third kappa shape index (κ3) is 4.02. The lowest BCUT2D eigenvalue weighted by molar-refractivity contribution is 0.598. The molecule has 3 rings (SSSR count). The minimum atomic E-state index is -3.76. The van der Waals surface area contributed by atoms with Crippen LogP contribution < -0.4 is 5.14 Å². The first-order valence-corrected chi connectivity index (χ1v) is 10.3. The summed E-state index contributed by atoms with van der Waals surface area (Å²) in [4.78, 5) is 4.62. The van der Waals surface area contributed by atoms with Crippen LogP contribution in [0, 0.1) is 5.82 Å². The molecular formula is C17H18FN3O2S2. The average Bonchev–Trinajstić information content (AvgIpc) is 2.91. The lowest BCUT2D eigenvalue weighted by Crippen LogP contribution is -2.11. The first kappa shape index (κ1) is 17.9. The Hall–Kier alpha value is -1.90. The fraction of sp³-hybridized carbons (Fsp3) is 0.235. The van der Waals surface area contributed by atoms with Crippen molar-refractivity contribution in [3.63, 3.8) is 0 Å². The number of hydrogen-bond acceptors (Lipinski definition) is 4. The van der Waals surface area contributed by atoms with E-state index in [0.717, 1.165) is 29.2 Å². The summed E-state index contributed by atoms with van der Waals surface area (Å²) < 4.78 is 38.2. The van der Waals surface area contributed by atoms with Gasteiger partial charge in [-0.25, -0.2) is 22.9 Å². The van der Waals surface area contributed by atoms with E-state index < -0.39 is 10.0 Å². The molecule has 0 radical (unpaired) electrons. The van der Waals surface area contributed by atoms with Crippen molar-refractivity contribution in [2.45, 2.75) is 35.7 Å². The van der Waals surface area contributed by atoms with Gasteiger partial charge >= 0.3 is 0 Å². The number of benzene rings is 2. The highest BCUT2D eigenvalue weighted by Crippen LogP contribution is 2.28. The number of aryl methyl sites for hydroxylation is 1. The molecule has 0 bridgehead atoms. The summed E-state index contributed by atoms with van der Waals surface area (Å²) in [5, 5.41) is 6.00. The van der Waals surface area contributed by atoms with Crippen molar-refractivity contribution in [2.75, 3.05) is 0 Å². The van der Waals surface area contributed by atoms with Gasteiger partial charge in [0.25, 0.3) is 0 Å². The third-order valence-corrected chi connectivity index (χ3v) is 5.70. The van der Waals surface area contributed by atoms with E-state index in [1.54, 1.807) is 18.2 Å². The Kier molecular flexibility index (Phi) is 5.12. The van der Waals surface area contributed by atoms with Crippen LogP contribution in [0.3, 0.4) is 0 Å². The molecule has 5 nitrogen and oxygen atoms in total. The zero-order valence-electron chi connectivity index (χ0n) is 13.6. The van der Waals surface area contributed by atoms with Gasteiger partial charge in [-0.2, -0.15) is 0 Å². The number of fused-ring (bicyclic) bond motifs is 1. The fourth-order valence-corrected chi connectivity index (χ4v) is 4.07. The van der Waals surface area contributed by atoms with E-state index in [-0.39, 0.29) is 10.7 Å². The van der Waals surface area contributed by atoms with Crippen LogP contribution in [0.5, 0.6) is 0 Å². The van der Waals surface area contributed by atoms with E-state index in [4.69, 9.17) is 5.14 Å². The van der Waals surface area contributed by atoms with Crippen molar-refractivity contribution in [3.05, 3.63) is 53.8 Å². The smallest absolute Gasteiger partial charge is 0.238 e. The van der Waals surface area contributed by atoms with Crippen molar-refractivity contribution >= 4 is 32.8 Å². The molecule has 3 aromatic rings. The van der Waals surface area contributed by atoms with Crippen molar-refractivity contribution in [1.29, 1.82) is 0 Å². The molecule has 0 aliphatic carbocycles. The van der Waals surface area contributed by atoms with Gasteiger partial charge in [0, 0.05) is 12.3 Å². The zero-order valence-corrected chi connectivity index (χ0v) is 15.3. The molecule has 8 heteroatoms. The number of aromatic nitrogens is 2. The number of rotatable bonds is 6. The molecule has 0 saturated carbocycles. The number of hydrogen-bond donors (Lipinski definition) is 1. The van der Waals surface area contributed by atoms with Crippen LogP contribution in [0.1, 0.15) is 18.9 Å². The van der Waals surface area contributed by atoms with Gasteiger partial charge in [0.1, 0.15) is 5.82 Å². The lowest BCUT2D eigenvalue weighted by Gasteiger charge is -2.07. The Labute approximate surface area is 150 Å². The molecule has 0 saturated heterocycles. The second-order valence-electron chi connectivity index (χ2n) is 5.66. The molecule has 25 heavy (non-hydrogen) atoms. The van der Waals surface area contributed by atoms with E-state index >= 15 is 0 Å². The second kappa shape index (κ2) is 7.15. The van der Waals surface area contributed by atoms with Crippen molar-refractivity contribution in [2.24, 2.45) is 5.14 Å². The molecule has 0 aliphatic heterocycles. The van der Waals surface area contributed by atoms with Gasteiger partial charge in [-0.15, -0.1) is 0 Å². The predicted octanol–water partition coefficient (Wildman–Crippen LogP) is 3.53. The second-order valence-corrected chi connectivity index (χ2v) is 8.16. The average molecular weight is 379 g/mol. The quantitative estimate of drug-likeness (QED) is 0.665. The van der Waals surface area contributed by atoms with Gasteiger partial charge in [0.15, 0.2) is 5.16 Å². The van der Waals surface area contributed by atoms with Crippen LogP contribution in [0.4, 0.5) is 4.39 Å². The number of thioether (sulfide) groups is 1. The summed E-state index contributed by atoms with van der Waals surface area (Å²) in [5.41, 5.74) is 2.46. The number of nitrogens with zero attached hydrogens (tertiary/aromatic N) is 2. The van der Waals surface area contributed by atoms with E-state index in [1.807, 2.05) is 0 Å². The number of primary sulfonamides is 1.